The van der Waals surface area contributed by atoms with Crippen LogP contribution in [0.15, 0.2) is 24.3 Å². The van der Waals surface area contributed by atoms with Gasteiger partial charge in [-0.1, -0.05) is 23.2 Å². The Balaban J connectivity index is 2.41. The van der Waals surface area contributed by atoms with Crippen LogP contribution in [0, 0.1) is 0 Å². The molecular formula is C13H13Cl2N3O. The standard InChI is InChI=1S/C13H13Cl2N3O/c1-2-19-7-13-17-11(6-12(16)18-13)9-4-3-8(14)5-10(9)15/h3-6H,2,7H2,1H3,(H2,16,17,18). The van der Waals surface area contributed by atoms with E-state index in [4.69, 9.17) is 33.7 Å². The Morgan fingerprint density at radius 2 is 2.00 bits per heavy atom. The lowest BCUT2D eigenvalue weighted by Crippen LogP contribution is -2.03. The first-order chi connectivity index (χ1) is 9.10. The molecule has 0 spiro atoms. The van der Waals surface area contributed by atoms with Crippen molar-refractivity contribution in [2.45, 2.75) is 13.5 Å². The highest BCUT2D eigenvalue weighted by Gasteiger charge is 2.09. The Kier molecular flexibility index (Phi) is 4.58. The quantitative estimate of drug-likeness (QED) is 0.937. The van der Waals surface area contributed by atoms with E-state index < -0.39 is 0 Å². The Hall–Kier alpha value is -1.36. The minimum atomic E-state index is 0.319. The number of nitrogens with zero attached hydrogens (tertiary/aromatic N) is 2. The molecule has 2 rings (SSSR count). The predicted molar refractivity (Wildman–Crippen MR) is 77.2 cm³/mol. The summed E-state index contributed by atoms with van der Waals surface area (Å²) in [5, 5.41) is 1.10. The average Bonchev–Trinajstić information content (AvgIpc) is 2.35. The molecule has 0 unspecified atom stereocenters. The van der Waals surface area contributed by atoms with Gasteiger partial charge in [0.25, 0.3) is 0 Å². The van der Waals surface area contributed by atoms with Crippen LogP contribution in [0.25, 0.3) is 11.3 Å². The van der Waals surface area contributed by atoms with Gasteiger partial charge < -0.3 is 10.5 Å². The number of benzene rings is 1. The molecule has 0 aliphatic carbocycles. The van der Waals surface area contributed by atoms with Crippen LogP contribution >= 0.6 is 23.2 Å². The van der Waals surface area contributed by atoms with Gasteiger partial charge in [-0.3, -0.25) is 0 Å². The number of rotatable bonds is 4. The molecule has 1 heterocycles. The molecule has 0 saturated carbocycles. The number of ether oxygens (including phenoxy) is 1. The summed E-state index contributed by atoms with van der Waals surface area (Å²) in [5.74, 6) is 0.911. The van der Waals surface area contributed by atoms with Crippen molar-refractivity contribution in [2.75, 3.05) is 12.3 Å². The van der Waals surface area contributed by atoms with Crippen molar-refractivity contribution in [2.24, 2.45) is 0 Å². The molecule has 0 radical (unpaired) electrons. The van der Waals surface area contributed by atoms with E-state index in [0.29, 0.717) is 40.6 Å². The fourth-order valence-electron chi connectivity index (χ4n) is 1.61. The summed E-state index contributed by atoms with van der Waals surface area (Å²) in [6.45, 7) is 2.82. The maximum Gasteiger partial charge on any atom is 0.157 e. The van der Waals surface area contributed by atoms with Gasteiger partial charge in [-0.25, -0.2) is 9.97 Å². The van der Waals surface area contributed by atoms with E-state index in [-0.39, 0.29) is 0 Å². The Bertz CT molecular complexity index is 590. The molecule has 0 fully saturated rings. The Morgan fingerprint density at radius 3 is 2.68 bits per heavy atom. The second-order valence-electron chi connectivity index (χ2n) is 3.86. The minimum Gasteiger partial charge on any atom is -0.384 e. The second kappa shape index (κ2) is 6.19. The van der Waals surface area contributed by atoms with Gasteiger partial charge >= 0.3 is 0 Å². The number of hydrogen-bond acceptors (Lipinski definition) is 4. The first kappa shape index (κ1) is 14.1. The number of anilines is 1. The van der Waals surface area contributed by atoms with Gasteiger partial charge in [0.1, 0.15) is 12.4 Å². The lowest BCUT2D eigenvalue weighted by atomic mass is 10.1. The third kappa shape index (κ3) is 3.56. The maximum atomic E-state index is 6.16. The summed E-state index contributed by atoms with van der Waals surface area (Å²) in [7, 11) is 0. The summed E-state index contributed by atoms with van der Waals surface area (Å²) < 4.78 is 5.28. The lowest BCUT2D eigenvalue weighted by Gasteiger charge is -2.08. The average molecular weight is 298 g/mol. The van der Waals surface area contributed by atoms with Crippen molar-refractivity contribution >= 4 is 29.0 Å². The van der Waals surface area contributed by atoms with E-state index in [1.54, 1.807) is 24.3 Å². The number of halogens is 2. The van der Waals surface area contributed by atoms with Crippen molar-refractivity contribution in [3.8, 4) is 11.3 Å². The summed E-state index contributed by atoms with van der Waals surface area (Å²) >= 11 is 12.0. The Labute approximate surface area is 121 Å². The largest absolute Gasteiger partial charge is 0.384 e. The molecule has 0 aliphatic heterocycles. The molecule has 19 heavy (non-hydrogen) atoms. The highest BCUT2D eigenvalue weighted by Crippen LogP contribution is 2.29. The normalized spacial score (nSPS) is 10.7. The molecule has 2 aromatic rings. The van der Waals surface area contributed by atoms with Gasteiger partial charge in [0.2, 0.25) is 0 Å². The van der Waals surface area contributed by atoms with Gasteiger partial charge in [0, 0.05) is 23.3 Å². The summed E-state index contributed by atoms with van der Waals surface area (Å²) in [6.07, 6.45) is 0. The smallest absolute Gasteiger partial charge is 0.157 e. The van der Waals surface area contributed by atoms with E-state index in [9.17, 15) is 0 Å². The summed E-state index contributed by atoms with van der Waals surface area (Å²) in [5.41, 5.74) is 7.19. The van der Waals surface area contributed by atoms with Crippen LogP contribution in [0.2, 0.25) is 10.0 Å². The van der Waals surface area contributed by atoms with Crippen molar-refractivity contribution in [3.63, 3.8) is 0 Å². The molecule has 100 valence electrons. The number of nitrogen functional groups attached to an aromatic ring is 1. The van der Waals surface area contributed by atoms with Crippen LogP contribution in [-0.2, 0) is 11.3 Å². The van der Waals surface area contributed by atoms with Crippen LogP contribution in [0.3, 0.4) is 0 Å². The van der Waals surface area contributed by atoms with E-state index in [1.807, 2.05) is 6.92 Å². The van der Waals surface area contributed by atoms with Crippen LogP contribution < -0.4 is 5.73 Å². The number of hydrogen-bond donors (Lipinski definition) is 1. The first-order valence-electron chi connectivity index (χ1n) is 5.76. The van der Waals surface area contributed by atoms with E-state index in [2.05, 4.69) is 9.97 Å². The Morgan fingerprint density at radius 1 is 1.21 bits per heavy atom. The van der Waals surface area contributed by atoms with Gasteiger partial charge in [-0.2, -0.15) is 0 Å². The van der Waals surface area contributed by atoms with Crippen molar-refractivity contribution in [1.29, 1.82) is 0 Å². The molecule has 2 N–H and O–H groups in total. The highest BCUT2D eigenvalue weighted by atomic mass is 35.5. The second-order valence-corrected chi connectivity index (χ2v) is 4.70. The van der Waals surface area contributed by atoms with Gasteiger partial charge in [0.15, 0.2) is 5.82 Å². The van der Waals surface area contributed by atoms with E-state index >= 15 is 0 Å². The maximum absolute atomic E-state index is 6.16. The molecule has 0 bridgehead atoms. The van der Waals surface area contributed by atoms with Crippen LogP contribution in [-0.4, -0.2) is 16.6 Å². The van der Waals surface area contributed by atoms with Gasteiger partial charge in [-0.05, 0) is 25.1 Å². The highest BCUT2D eigenvalue weighted by molar-refractivity contribution is 6.36. The third-order valence-corrected chi connectivity index (χ3v) is 2.98. The predicted octanol–water partition coefficient (Wildman–Crippen LogP) is 3.57. The summed E-state index contributed by atoms with van der Waals surface area (Å²) in [4.78, 5) is 8.50. The van der Waals surface area contributed by atoms with Crippen LogP contribution in [0.5, 0.6) is 0 Å². The fourth-order valence-corrected chi connectivity index (χ4v) is 2.12. The molecule has 0 amide bonds. The molecule has 0 aliphatic rings. The fraction of sp³-hybridized carbons (Fsp3) is 0.231. The molecule has 0 atom stereocenters. The molecular weight excluding hydrogens is 285 g/mol. The SMILES string of the molecule is CCOCc1nc(N)cc(-c2ccc(Cl)cc2Cl)n1. The van der Waals surface area contributed by atoms with Crippen molar-refractivity contribution < 1.29 is 4.74 Å². The minimum absolute atomic E-state index is 0.319. The van der Waals surface area contributed by atoms with Gasteiger partial charge in [-0.15, -0.1) is 0 Å². The van der Waals surface area contributed by atoms with Gasteiger partial charge in [0.05, 0.1) is 10.7 Å². The molecule has 6 heteroatoms. The zero-order chi connectivity index (χ0) is 13.8. The van der Waals surface area contributed by atoms with E-state index in [0.717, 1.165) is 5.56 Å². The molecule has 0 saturated heterocycles. The monoisotopic (exact) mass is 297 g/mol. The van der Waals surface area contributed by atoms with Crippen molar-refractivity contribution in [1.82, 2.24) is 9.97 Å². The topological polar surface area (TPSA) is 61.0 Å². The molecule has 1 aromatic heterocycles. The zero-order valence-corrected chi connectivity index (χ0v) is 11.9. The molecule has 1 aromatic carbocycles. The lowest BCUT2D eigenvalue weighted by molar-refractivity contribution is 0.128. The van der Waals surface area contributed by atoms with Crippen LogP contribution in [0.1, 0.15) is 12.7 Å². The first-order valence-corrected chi connectivity index (χ1v) is 6.52. The van der Waals surface area contributed by atoms with Crippen molar-refractivity contribution in [3.05, 3.63) is 40.1 Å². The van der Waals surface area contributed by atoms with Crippen LogP contribution in [0.4, 0.5) is 5.82 Å². The molecule has 4 nitrogen and oxygen atoms in total. The number of nitrogens with two attached hydrogens (primary N) is 1. The van der Waals surface area contributed by atoms with E-state index in [1.165, 1.54) is 0 Å². The third-order valence-electron chi connectivity index (χ3n) is 2.43. The zero-order valence-electron chi connectivity index (χ0n) is 10.4. The summed E-state index contributed by atoms with van der Waals surface area (Å²) in [6, 6.07) is 6.89. The number of aromatic nitrogens is 2.